The number of nitrogens with zero attached hydrogens (tertiary/aromatic N) is 6. The number of fused-ring (bicyclic) bond motifs is 1. The number of rotatable bonds is 5. The van der Waals surface area contributed by atoms with Gasteiger partial charge >= 0.3 is 0 Å². The summed E-state index contributed by atoms with van der Waals surface area (Å²) in [5.41, 5.74) is 1.81. The average Bonchev–Trinajstić information content (AvgIpc) is 3.48. The van der Waals surface area contributed by atoms with Gasteiger partial charge < -0.3 is 9.80 Å². The van der Waals surface area contributed by atoms with Crippen molar-refractivity contribution < 1.29 is 4.79 Å². The fourth-order valence-corrected chi connectivity index (χ4v) is 4.89. The van der Waals surface area contributed by atoms with Crippen molar-refractivity contribution in [1.29, 1.82) is 0 Å². The Bertz CT molecular complexity index is 1240. The van der Waals surface area contributed by atoms with Gasteiger partial charge in [-0.05, 0) is 36.4 Å². The minimum Gasteiger partial charge on any atom is -0.354 e. The number of anilines is 1. The molecule has 1 aliphatic rings. The summed E-state index contributed by atoms with van der Waals surface area (Å²) in [6.07, 6.45) is 3.74. The fraction of sp³-hybridized carbons (Fsp3) is 0.360. The van der Waals surface area contributed by atoms with Crippen LogP contribution in [0.3, 0.4) is 0 Å². The largest absolute Gasteiger partial charge is 0.354 e. The molecule has 0 spiro atoms. The maximum atomic E-state index is 12.9. The van der Waals surface area contributed by atoms with E-state index in [0.29, 0.717) is 6.54 Å². The van der Waals surface area contributed by atoms with Gasteiger partial charge in [-0.1, -0.05) is 38.1 Å². The first-order chi connectivity index (χ1) is 16.2. The Balaban J connectivity index is 1.50. The Morgan fingerprint density at radius 3 is 2.67 bits per heavy atom. The van der Waals surface area contributed by atoms with Crippen molar-refractivity contribution in [3.05, 3.63) is 64.7 Å². The van der Waals surface area contributed by atoms with Crippen molar-refractivity contribution in [3.8, 4) is 5.69 Å². The maximum absolute atomic E-state index is 12.9. The predicted molar refractivity (Wildman–Crippen MR) is 132 cm³/mol. The molecule has 0 radical (unpaired) electrons. The van der Waals surface area contributed by atoms with E-state index in [4.69, 9.17) is 9.97 Å². The highest BCUT2D eigenvalue weighted by atomic mass is 32.1. The van der Waals surface area contributed by atoms with Gasteiger partial charge in [0.05, 0.1) is 22.1 Å². The van der Waals surface area contributed by atoms with Gasteiger partial charge in [0.25, 0.3) is 5.91 Å². The van der Waals surface area contributed by atoms with E-state index in [2.05, 4.69) is 23.8 Å². The van der Waals surface area contributed by atoms with Gasteiger partial charge in [-0.25, -0.2) is 14.6 Å². The molecule has 1 fully saturated rings. The molecule has 4 heterocycles. The highest BCUT2D eigenvalue weighted by Crippen LogP contribution is 2.29. The summed E-state index contributed by atoms with van der Waals surface area (Å²) in [6.45, 7) is 7.33. The third kappa shape index (κ3) is 4.23. The molecule has 5 rings (SSSR count). The van der Waals surface area contributed by atoms with Crippen molar-refractivity contribution in [3.63, 3.8) is 0 Å². The molecule has 1 aromatic carbocycles. The minimum atomic E-state index is 0.122. The smallest absolute Gasteiger partial charge is 0.263 e. The van der Waals surface area contributed by atoms with Crippen LogP contribution in [-0.2, 0) is 0 Å². The molecule has 33 heavy (non-hydrogen) atoms. The number of para-hydroxylation sites is 1. The molecule has 0 aliphatic carbocycles. The third-order valence-corrected chi connectivity index (χ3v) is 7.15. The van der Waals surface area contributed by atoms with Crippen LogP contribution in [0.15, 0.2) is 54.0 Å². The molecule has 1 amide bonds. The monoisotopic (exact) mass is 460 g/mol. The molecule has 8 heteroatoms. The highest BCUT2D eigenvalue weighted by molar-refractivity contribution is 7.12. The zero-order valence-electron chi connectivity index (χ0n) is 19.0. The van der Waals surface area contributed by atoms with Crippen LogP contribution in [0, 0.1) is 0 Å². The molecule has 1 atom stereocenters. The Labute approximate surface area is 197 Å². The quantitative estimate of drug-likeness (QED) is 0.430. The lowest BCUT2D eigenvalue weighted by Gasteiger charge is -2.24. The van der Waals surface area contributed by atoms with Crippen molar-refractivity contribution in [2.75, 3.05) is 31.1 Å². The van der Waals surface area contributed by atoms with Crippen LogP contribution in [0.2, 0.25) is 0 Å². The molecular formula is C25H28N6OS. The van der Waals surface area contributed by atoms with E-state index in [9.17, 15) is 4.79 Å². The molecule has 0 N–H and O–H groups in total. The van der Waals surface area contributed by atoms with E-state index in [1.807, 2.05) is 63.6 Å². The van der Waals surface area contributed by atoms with Crippen LogP contribution < -0.4 is 4.90 Å². The maximum Gasteiger partial charge on any atom is 0.263 e. The first-order valence-electron chi connectivity index (χ1n) is 11.5. The van der Waals surface area contributed by atoms with E-state index >= 15 is 0 Å². The number of benzene rings is 1. The standard InChI is InChI=1S/C25H28N6OS/c1-3-18(2)22-27-23(20-17-26-31(24(20)28-22)19-9-5-4-6-10-19)29-12-8-13-30(15-14-29)25(32)21-11-7-16-33-21/h4-7,9-11,16-18H,3,8,12-15H2,1-2H3/t18-/m1/s1. The van der Waals surface area contributed by atoms with Gasteiger partial charge in [0.15, 0.2) is 5.65 Å². The first kappa shape index (κ1) is 21.6. The van der Waals surface area contributed by atoms with Gasteiger partial charge in [0.2, 0.25) is 0 Å². The summed E-state index contributed by atoms with van der Waals surface area (Å²) in [6, 6.07) is 13.9. The molecule has 4 aromatic rings. The molecule has 0 saturated carbocycles. The number of amides is 1. The summed E-state index contributed by atoms with van der Waals surface area (Å²) in [4.78, 5) is 27.9. The van der Waals surface area contributed by atoms with Crippen LogP contribution in [-0.4, -0.2) is 56.7 Å². The molecule has 1 saturated heterocycles. The van der Waals surface area contributed by atoms with Gasteiger partial charge in [0.1, 0.15) is 11.6 Å². The summed E-state index contributed by atoms with van der Waals surface area (Å²) in [5, 5.41) is 7.57. The van der Waals surface area contributed by atoms with Crippen LogP contribution in [0.25, 0.3) is 16.7 Å². The van der Waals surface area contributed by atoms with Crippen LogP contribution >= 0.6 is 11.3 Å². The van der Waals surface area contributed by atoms with Crippen molar-refractivity contribution in [2.45, 2.75) is 32.6 Å². The third-order valence-electron chi connectivity index (χ3n) is 6.29. The second kappa shape index (κ2) is 9.31. The van der Waals surface area contributed by atoms with E-state index in [0.717, 1.165) is 65.7 Å². The second-order valence-electron chi connectivity index (χ2n) is 8.45. The molecule has 3 aromatic heterocycles. The summed E-state index contributed by atoms with van der Waals surface area (Å²) in [5.74, 6) is 2.13. The van der Waals surface area contributed by atoms with Crippen LogP contribution in [0.1, 0.15) is 48.1 Å². The summed E-state index contributed by atoms with van der Waals surface area (Å²) >= 11 is 1.50. The van der Waals surface area contributed by atoms with E-state index in [1.165, 1.54) is 11.3 Å². The number of aromatic nitrogens is 4. The lowest BCUT2D eigenvalue weighted by Crippen LogP contribution is -2.35. The Morgan fingerprint density at radius 2 is 1.91 bits per heavy atom. The van der Waals surface area contributed by atoms with Crippen molar-refractivity contribution in [1.82, 2.24) is 24.6 Å². The number of hydrogen-bond acceptors (Lipinski definition) is 6. The molecule has 7 nitrogen and oxygen atoms in total. The second-order valence-corrected chi connectivity index (χ2v) is 9.40. The number of carbonyl (C=O) groups is 1. The van der Waals surface area contributed by atoms with Gasteiger partial charge in [0, 0.05) is 32.1 Å². The molecule has 170 valence electrons. The first-order valence-corrected chi connectivity index (χ1v) is 12.4. The van der Waals surface area contributed by atoms with Crippen LogP contribution in [0.4, 0.5) is 5.82 Å². The minimum absolute atomic E-state index is 0.122. The normalized spacial score (nSPS) is 15.6. The average molecular weight is 461 g/mol. The SMILES string of the molecule is CC[C@@H](C)c1nc(N2CCCN(C(=O)c3cccs3)CC2)c2cnn(-c3ccccc3)c2n1. The Hall–Kier alpha value is -3.26. The predicted octanol–water partition coefficient (Wildman–Crippen LogP) is 4.74. The van der Waals surface area contributed by atoms with Crippen molar-refractivity contribution >= 4 is 34.1 Å². The van der Waals surface area contributed by atoms with E-state index in [1.54, 1.807) is 0 Å². The van der Waals surface area contributed by atoms with Gasteiger partial charge in [-0.3, -0.25) is 4.79 Å². The van der Waals surface area contributed by atoms with E-state index < -0.39 is 0 Å². The molecule has 0 unspecified atom stereocenters. The van der Waals surface area contributed by atoms with E-state index in [-0.39, 0.29) is 11.8 Å². The zero-order valence-corrected chi connectivity index (χ0v) is 19.8. The summed E-state index contributed by atoms with van der Waals surface area (Å²) < 4.78 is 1.90. The Morgan fingerprint density at radius 1 is 1.06 bits per heavy atom. The molecule has 1 aliphatic heterocycles. The zero-order chi connectivity index (χ0) is 22.8. The van der Waals surface area contributed by atoms with Gasteiger partial charge in [-0.2, -0.15) is 5.10 Å². The molecule has 0 bridgehead atoms. The number of carbonyl (C=O) groups excluding carboxylic acids is 1. The Kier molecular flexibility index (Phi) is 6.09. The lowest BCUT2D eigenvalue weighted by atomic mass is 10.1. The molecular weight excluding hydrogens is 432 g/mol. The highest BCUT2D eigenvalue weighted by Gasteiger charge is 2.25. The topological polar surface area (TPSA) is 67.2 Å². The number of thiophene rings is 1. The lowest BCUT2D eigenvalue weighted by molar-refractivity contribution is 0.0772. The summed E-state index contributed by atoms with van der Waals surface area (Å²) in [7, 11) is 0. The number of hydrogen-bond donors (Lipinski definition) is 0. The van der Waals surface area contributed by atoms with Crippen molar-refractivity contribution in [2.24, 2.45) is 0 Å². The van der Waals surface area contributed by atoms with Crippen LogP contribution in [0.5, 0.6) is 0 Å². The van der Waals surface area contributed by atoms with Gasteiger partial charge in [-0.15, -0.1) is 11.3 Å². The fourth-order valence-electron chi connectivity index (χ4n) is 4.20.